The van der Waals surface area contributed by atoms with E-state index in [-0.39, 0.29) is 0 Å². The Hall–Kier alpha value is -1.39. The van der Waals surface area contributed by atoms with Crippen LogP contribution in [0.4, 0.5) is 4.39 Å². The molecule has 5 heteroatoms. The van der Waals surface area contributed by atoms with Crippen molar-refractivity contribution >= 4 is 11.6 Å². The molecule has 1 aromatic carbocycles. The van der Waals surface area contributed by atoms with Gasteiger partial charge in [0, 0.05) is 17.1 Å². The lowest BCUT2D eigenvalue weighted by Crippen LogP contribution is -2.09. The molecule has 1 aromatic heterocycles. The first-order valence-electron chi connectivity index (χ1n) is 5.70. The molecule has 2 aromatic rings. The molecule has 0 fully saturated rings. The summed E-state index contributed by atoms with van der Waals surface area (Å²) in [4.78, 5) is 0. The van der Waals surface area contributed by atoms with Crippen LogP contribution in [0.1, 0.15) is 30.0 Å². The Labute approximate surface area is 110 Å². The predicted octanol–water partition coefficient (Wildman–Crippen LogP) is 3.09. The van der Waals surface area contributed by atoms with Crippen molar-refractivity contribution in [3.05, 3.63) is 52.1 Å². The summed E-state index contributed by atoms with van der Waals surface area (Å²) in [5.41, 5.74) is 1.77. The van der Waals surface area contributed by atoms with E-state index in [9.17, 15) is 9.50 Å². The molecule has 0 saturated carbocycles. The quantitative estimate of drug-likeness (QED) is 0.929. The fraction of sp³-hybridized carbons (Fsp3) is 0.308. The zero-order valence-corrected chi connectivity index (χ0v) is 10.9. The van der Waals surface area contributed by atoms with Crippen LogP contribution >= 0.6 is 11.6 Å². The molecule has 0 bridgehead atoms. The van der Waals surface area contributed by atoms with Crippen LogP contribution in [0.3, 0.4) is 0 Å². The van der Waals surface area contributed by atoms with Crippen molar-refractivity contribution in [3.8, 4) is 0 Å². The number of hydrogen-bond donors (Lipinski definition) is 1. The van der Waals surface area contributed by atoms with Crippen LogP contribution in [0, 0.1) is 12.7 Å². The largest absolute Gasteiger partial charge is 0.382 e. The number of halogens is 2. The van der Waals surface area contributed by atoms with Gasteiger partial charge < -0.3 is 5.11 Å². The van der Waals surface area contributed by atoms with Gasteiger partial charge in [0.15, 0.2) is 0 Å². The molecule has 1 N–H and O–H groups in total. The van der Waals surface area contributed by atoms with Crippen LogP contribution in [0.15, 0.2) is 24.3 Å². The highest BCUT2D eigenvalue weighted by Gasteiger charge is 2.19. The number of aryl methyl sites for hydroxylation is 2. The van der Waals surface area contributed by atoms with Gasteiger partial charge in [-0.05, 0) is 38.1 Å². The first kappa shape index (κ1) is 13.1. The maximum absolute atomic E-state index is 13.2. The molecular formula is C13H14ClFN2O. The molecule has 1 heterocycles. The molecule has 0 spiro atoms. The highest BCUT2D eigenvalue weighted by Crippen LogP contribution is 2.29. The number of nitrogens with zero attached hydrogens (tertiary/aromatic N) is 2. The first-order chi connectivity index (χ1) is 8.52. The number of rotatable bonds is 3. The second-order valence-corrected chi connectivity index (χ2v) is 4.50. The third-order valence-corrected chi connectivity index (χ3v) is 3.11. The SMILES string of the molecule is CCn1nc(C)cc1C(O)c1cc(F)ccc1Cl. The van der Waals surface area contributed by atoms with Crippen LogP contribution in [0.5, 0.6) is 0 Å². The normalized spacial score (nSPS) is 12.7. The summed E-state index contributed by atoms with van der Waals surface area (Å²) in [5, 5.41) is 14.9. The molecular weight excluding hydrogens is 255 g/mol. The lowest BCUT2D eigenvalue weighted by atomic mass is 10.1. The molecule has 18 heavy (non-hydrogen) atoms. The molecule has 0 aliphatic carbocycles. The Kier molecular flexibility index (Phi) is 3.68. The molecule has 0 saturated heterocycles. The van der Waals surface area contributed by atoms with Crippen LogP contribution in [-0.2, 0) is 6.54 Å². The number of aromatic nitrogens is 2. The zero-order chi connectivity index (χ0) is 13.3. The molecule has 0 amide bonds. The van der Waals surface area contributed by atoms with Gasteiger partial charge in [0.1, 0.15) is 11.9 Å². The van der Waals surface area contributed by atoms with Gasteiger partial charge in [0.25, 0.3) is 0 Å². The maximum Gasteiger partial charge on any atom is 0.123 e. The molecule has 3 nitrogen and oxygen atoms in total. The standard InChI is InChI=1S/C13H14ClFN2O/c1-3-17-12(6-8(2)16-17)13(18)10-7-9(15)4-5-11(10)14/h4-7,13,18H,3H2,1-2H3. The molecule has 0 radical (unpaired) electrons. The predicted molar refractivity (Wildman–Crippen MR) is 68.1 cm³/mol. The fourth-order valence-corrected chi connectivity index (χ4v) is 2.14. The Bertz CT molecular complexity index is 568. The fourth-order valence-electron chi connectivity index (χ4n) is 1.92. The van der Waals surface area contributed by atoms with Gasteiger partial charge in [-0.2, -0.15) is 5.10 Å². The van der Waals surface area contributed by atoms with Crippen LogP contribution < -0.4 is 0 Å². The Morgan fingerprint density at radius 3 is 2.83 bits per heavy atom. The van der Waals surface area contributed by atoms with E-state index in [0.717, 1.165) is 5.69 Å². The van der Waals surface area contributed by atoms with Crippen molar-refractivity contribution in [1.82, 2.24) is 9.78 Å². The zero-order valence-electron chi connectivity index (χ0n) is 10.2. The van der Waals surface area contributed by atoms with Crippen molar-refractivity contribution < 1.29 is 9.50 Å². The Morgan fingerprint density at radius 1 is 1.44 bits per heavy atom. The number of benzene rings is 1. The van der Waals surface area contributed by atoms with E-state index in [1.807, 2.05) is 13.8 Å². The van der Waals surface area contributed by atoms with Gasteiger partial charge in [0.05, 0.1) is 11.4 Å². The van der Waals surface area contributed by atoms with Gasteiger partial charge in [0.2, 0.25) is 0 Å². The van der Waals surface area contributed by atoms with E-state index < -0.39 is 11.9 Å². The highest BCUT2D eigenvalue weighted by atomic mass is 35.5. The smallest absolute Gasteiger partial charge is 0.123 e. The van der Waals surface area contributed by atoms with E-state index in [1.54, 1.807) is 10.7 Å². The van der Waals surface area contributed by atoms with Crippen molar-refractivity contribution in [3.63, 3.8) is 0 Å². The second kappa shape index (κ2) is 5.08. The van der Waals surface area contributed by atoms with Crippen molar-refractivity contribution in [2.75, 3.05) is 0 Å². The number of aliphatic hydroxyl groups is 1. The average Bonchev–Trinajstić information content (AvgIpc) is 2.72. The van der Waals surface area contributed by atoms with Crippen LogP contribution in [-0.4, -0.2) is 14.9 Å². The van der Waals surface area contributed by atoms with Gasteiger partial charge in [-0.1, -0.05) is 11.6 Å². The molecule has 96 valence electrons. The van der Waals surface area contributed by atoms with Gasteiger partial charge in [-0.25, -0.2) is 4.39 Å². The third-order valence-electron chi connectivity index (χ3n) is 2.77. The van der Waals surface area contributed by atoms with E-state index in [1.165, 1.54) is 18.2 Å². The number of aliphatic hydroxyl groups excluding tert-OH is 1. The van der Waals surface area contributed by atoms with Crippen molar-refractivity contribution in [1.29, 1.82) is 0 Å². The van der Waals surface area contributed by atoms with Crippen LogP contribution in [0.25, 0.3) is 0 Å². The van der Waals surface area contributed by atoms with Gasteiger partial charge in [-0.3, -0.25) is 4.68 Å². The Morgan fingerprint density at radius 2 is 2.17 bits per heavy atom. The van der Waals surface area contributed by atoms with E-state index in [0.29, 0.717) is 22.8 Å². The summed E-state index contributed by atoms with van der Waals surface area (Å²) in [6.07, 6.45) is -0.977. The minimum absolute atomic E-state index is 0.338. The van der Waals surface area contributed by atoms with E-state index in [4.69, 9.17) is 11.6 Å². The maximum atomic E-state index is 13.2. The van der Waals surface area contributed by atoms with Crippen molar-refractivity contribution in [2.24, 2.45) is 0 Å². The van der Waals surface area contributed by atoms with Crippen LogP contribution in [0.2, 0.25) is 5.02 Å². The summed E-state index contributed by atoms with van der Waals surface area (Å²) in [7, 11) is 0. The van der Waals surface area contributed by atoms with Gasteiger partial charge in [-0.15, -0.1) is 0 Å². The molecule has 0 aliphatic rings. The third kappa shape index (κ3) is 2.40. The second-order valence-electron chi connectivity index (χ2n) is 4.09. The Balaban J connectivity index is 2.46. The topological polar surface area (TPSA) is 38.0 Å². The summed E-state index contributed by atoms with van der Waals surface area (Å²) in [6.45, 7) is 4.40. The summed E-state index contributed by atoms with van der Waals surface area (Å²) in [6, 6.07) is 5.72. The summed E-state index contributed by atoms with van der Waals surface area (Å²) < 4.78 is 14.9. The minimum Gasteiger partial charge on any atom is -0.382 e. The first-order valence-corrected chi connectivity index (χ1v) is 6.08. The minimum atomic E-state index is -0.977. The van der Waals surface area contributed by atoms with E-state index in [2.05, 4.69) is 5.10 Å². The molecule has 2 rings (SSSR count). The van der Waals surface area contributed by atoms with E-state index >= 15 is 0 Å². The van der Waals surface area contributed by atoms with Gasteiger partial charge >= 0.3 is 0 Å². The lowest BCUT2D eigenvalue weighted by molar-refractivity contribution is 0.207. The summed E-state index contributed by atoms with van der Waals surface area (Å²) in [5.74, 6) is -0.423. The lowest BCUT2D eigenvalue weighted by Gasteiger charge is -2.14. The highest BCUT2D eigenvalue weighted by molar-refractivity contribution is 6.31. The number of hydrogen-bond acceptors (Lipinski definition) is 2. The van der Waals surface area contributed by atoms with Crippen molar-refractivity contribution in [2.45, 2.75) is 26.5 Å². The molecule has 1 unspecified atom stereocenters. The summed E-state index contributed by atoms with van der Waals surface area (Å²) >= 11 is 5.99. The molecule has 0 aliphatic heterocycles. The molecule has 1 atom stereocenters. The monoisotopic (exact) mass is 268 g/mol. The average molecular weight is 269 g/mol.